The van der Waals surface area contributed by atoms with Gasteiger partial charge in [0.05, 0.1) is 23.3 Å². The van der Waals surface area contributed by atoms with Crippen molar-refractivity contribution in [2.75, 3.05) is 0 Å². The van der Waals surface area contributed by atoms with Gasteiger partial charge in [0.1, 0.15) is 12.4 Å². The number of halogens is 3. The predicted molar refractivity (Wildman–Crippen MR) is 238 cm³/mol. The molecule has 3 N–H and O–H groups in total. The second-order valence-electron chi connectivity index (χ2n) is 17.0. The van der Waals surface area contributed by atoms with Gasteiger partial charge in [-0.15, -0.1) is 18.0 Å². The fourth-order valence-electron chi connectivity index (χ4n) is 2.99. The maximum Gasteiger partial charge on any atom is 2.00 e. The Hall–Kier alpha value is 0.959. The zero-order chi connectivity index (χ0) is 43.5. The standard InChI is InChI=1S/3C9H17N2.2C4H10O.C4H9O.CH2N.CH4.3ClH.2Co.K/c3*1-8(2)10-5-6-11(7-10)9(3)4;3*1-4(2,3)5;1-2;;;;;;;/h3*5-9H,1-4H3;2*5H,1-3H3;1-3H3;1-2H;1H4;3*1H;;;/q2*-1;+1;;;2*-1;;;;;2*+2;+1/p-2. The van der Waals surface area contributed by atoms with E-state index in [4.69, 9.17) is 35.9 Å². The molecule has 1 aromatic heterocycles. The average Bonchev–Trinajstić information content (AvgIpc) is 3.74. The Labute approximate surface area is 428 Å². The summed E-state index contributed by atoms with van der Waals surface area (Å²) in [5, 5.41) is 32.4. The van der Waals surface area contributed by atoms with Crippen LogP contribution in [0.4, 0.5) is 0 Å². The monoisotopic (exact) mass is 987 g/mol. The van der Waals surface area contributed by atoms with E-state index in [0.29, 0.717) is 49.1 Å². The summed E-state index contributed by atoms with van der Waals surface area (Å²) in [4.78, 5) is 8.83. The largest absolute Gasteiger partial charge is 2.00 e. The second-order valence-corrected chi connectivity index (χ2v) is 18.7. The van der Waals surface area contributed by atoms with Gasteiger partial charge >= 0.3 is 101 Å². The molecule has 16 heteroatoms. The van der Waals surface area contributed by atoms with Crippen LogP contribution in [0.25, 0.3) is 0 Å². The first-order valence-electron chi connectivity index (χ1n) is 18.3. The van der Waals surface area contributed by atoms with Crippen LogP contribution >= 0.6 is 32.7 Å². The van der Waals surface area contributed by atoms with Crippen molar-refractivity contribution in [3.05, 3.63) is 56.9 Å². The third-order valence-electron chi connectivity index (χ3n) is 5.61. The van der Waals surface area contributed by atoms with Crippen molar-refractivity contribution in [1.82, 2.24) is 24.2 Å². The molecule has 0 amide bonds. The van der Waals surface area contributed by atoms with Crippen LogP contribution in [0.2, 0.25) is 0 Å². The summed E-state index contributed by atoms with van der Waals surface area (Å²) in [6, 6.07) is 3.39. The van der Waals surface area contributed by atoms with Gasteiger partial charge in [-0.25, -0.2) is 9.13 Å². The number of aromatic nitrogens is 2. The summed E-state index contributed by atoms with van der Waals surface area (Å²) in [5.74, 6) is 0. The van der Waals surface area contributed by atoms with Crippen LogP contribution in [-0.2, 0) is 29.7 Å². The third-order valence-corrected chi connectivity index (χ3v) is 5.61. The molecule has 1 aromatic rings. The number of hydrogen-bond acceptors (Lipinski definition) is 8. The number of hydrogen-bond donors (Lipinski definition) is 3. The van der Waals surface area contributed by atoms with Crippen LogP contribution in [0, 0.1) is 18.7 Å². The van der Waals surface area contributed by atoms with Gasteiger partial charge in [0, 0.05) is 0 Å². The summed E-state index contributed by atoms with van der Waals surface area (Å²) in [6.07, 6.45) is 14.8. The smallest absolute Gasteiger partial charge is 1.00 e. The molecule has 1 radical (unpaired) electrons. The molecule has 57 heavy (non-hydrogen) atoms. The fourth-order valence-corrected chi connectivity index (χ4v) is 2.99. The Morgan fingerprint density at radius 2 is 0.825 bits per heavy atom. The number of aliphatic hydroxyl groups is 2. The van der Waals surface area contributed by atoms with Gasteiger partial charge in [-0.05, 0) is 174 Å². The van der Waals surface area contributed by atoms with Crippen LogP contribution in [-0.4, -0.2) is 82.1 Å². The molecule has 344 valence electrons. The molecule has 0 aromatic carbocycles. The topological polar surface area (TPSA) is 109 Å². The molecule has 0 saturated carbocycles. The minimum Gasteiger partial charge on any atom is 1.00 e. The molecule has 3 rings (SSSR count). The SMILES string of the molecule is C.CC(C)(C)O.CC(C)(C)O.CC(C)(C)[O-].CC(C)N1C=CN(C(C)C)[CH-]1.CC(C)N1C=CN(C(C)C)[CH-]1.CC(C)n1cc[n+](C(C)C)c1.Cl.[CH-]=N.[Cl][Co][Cl].[Co+2].[K+]. The van der Waals surface area contributed by atoms with Crippen molar-refractivity contribution in [3.63, 3.8) is 0 Å². The van der Waals surface area contributed by atoms with Crippen LogP contribution in [0.5, 0.6) is 0 Å². The minimum atomic E-state index is -0.750. The van der Waals surface area contributed by atoms with E-state index in [2.05, 4.69) is 175 Å². The Kier molecular flexibility index (Phi) is 58.2. The van der Waals surface area contributed by atoms with E-state index < -0.39 is 16.8 Å². The summed E-state index contributed by atoms with van der Waals surface area (Å²) in [6.45, 7) is 49.6. The van der Waals surface area contributed by atoms with Gasteiger partial charge in [0.2, 0.25) is 6.33 Å². The van der Waals surface area contributed by atoms with E-state index >= 15 is 0 Å². The van der Waals surface area contributed by atoms with Crippen LogP contribution in [0.1, 0.15) is 165 Å². The van der Waals surface area contributed by atoms with Crippen molar-refractivity contribution in [3.8, 4) is 0 Å². The third kappa shape index (κ3) is 63.7. The van der Waals surface area contributed by atoms with Crippen LogP contribution < -0.4 is 61.1 Å². The Morgan fingerprint density at radius 1 is 0.632 bits per heavy atom. The maximum absolute atomic E-state index is 10.1. The number of nitrogens with one attached hydrogen (secondary N) is 1. The summed E-state index contributed by atoms with van der Waals surface area (Å²) in [7, 11) is 9.47. The molecule has 0 aliphatic carbocycles. The molecular formula is C41H87Cl3Co2KN7O3. The van der Waals surface area contributed by atoms with Crippen molar-refractivity contribution >= 4 is 39.4 Å². The fraction of sp³-hybridized carbons (Fsp3) is 0.756. The van der Waals surface area contributed by atoms with Gasteiger partial charge in [0.25, 0.3) is 0 Å². The van der Waals surface area contributed by atoms with E-state index in [1.165, 1.54) is 0 Å². The van der Waals surface area contributed by atoms with Crippen LogP contribution in [0.15, 0.2) is 43.5 Å². The van der Waals surface area contributed by atoms with E-state index in [-0.39, 0.29) is 88.0 Å². The summed E-state index contributed by atoms with van der Waals surface area (Å²) in [5.41, 5.74) is -1.75. The minimum absolute atomic E-state index is 0. The quantitative estimate of drug-likeness (QED) is 0.120. The number of imidazole rings is 1. The van der Waals surface area contributed by atoms with Crippen LogP contribution in [0.3, 0.4) is 0 Å². The first-order valence-corrected chi connectivity index (χ1v) is 21.1. The second kappa shape index (κ2) is 42.3. The molecule has 0 unspecified atom stereocenters. The Bertz CT molecular complexity index is 911. The predicted octanol–water partition coefficient (Wildman–Crippen LogP) is 7.24. The normalized spacial score (nSPS) is 12.6. The van der Waals surface area contributed by atoms with Crippen molar-refractivity contribution in [2.45, 2.75) is 206 Å². The molecule has 10 nitrogen and oxygen atoms in total. The Balaban J connectivity index is -0.0000000688. The molecule has 2 aliphatic heterocycles. The van der Waals surface area contributed by atoms with Gasteiger partial charge in [-0.1, -0.05) is 28.2 Å². The molecule has 3 heterocycles. The Morgan fingerprint density at radius 3 is 0.912 bits per heavy atom. The molecule has 2 aliphatic rings. The number of nitrogens with zero attached hydrogens (tertiary/aromatic N) is 6. The van der Waals surface area contributed by atoms with E-state index in [0.717, 1.165) is 0 Å². The molecular weight excluding hydrogens is 902 g/mol. The maximum atomic E-state index is 10.1. The zero-order valence-corrected chi connectivity index (χ0v) is 46.6. The summed E-state index contributed by atoms with van der Waals surface area (Å²) < 4.78 is 4.42. The first-order chi connectivity index (χ1) is 23.7. The van der Waals surface area contributed by atoms with Gasteiger partial charge in [-0.2, -0.15) is 13.3 Å². The average molecular weight is 990 g/mol. The van der Waals surface area contributed by atoms with Gasteiger partial charge < -0.3 is 47.0 Å². The molecule has 0 spiro atoms. The van der Waals surface area contributed by atoms with Crippen molar-refractivity contribution < 1.29 is 101 Å². The van der Waals surface area contributed by atoms with Gasteiger partial charge in [0.15, 0.2) is 0 Å². The number of rotatable bonds is 6. The molecule has 0 saturated heterocycles. The molecule has 0 atom stereocenters. The van der Waals surface area contributed by atoms with E-state index in [1.54, 1.807) is 62.3 Å². The summed E-state index contributed by atoms with van der Waals surface area (Å²) >= 11 is 0.382. The van der Waals surface area contributed by atoms with Crippen molar-refractivity contribution in [2.24, 2.45) is 0 Å². The van der Waals surface area contributed by atoms with Crippen molar-refractivity contribution in [1.29, 1.82) is 5.41 Å². The van der Waals surface area contributed by atoms with E-state index in [9.17, 15) is 5.11 Å². The molecule has 0 fully saturated rings. The first kappa shape index (κ1) is 78.4. The molecule has 0 bridgehead atoms. The zero-order valence-electron chi connectivity index (χ0n) is 39.1. The van der Waals surface area contributed by atoms with E-state index in [1.807, 2.05) is 0 Å². The van der Waals surface area contributed by atoms with Gasteiger partial charge in [-0.3, -0.25) is 0 Å².